The Morgan fingerprint density at radius 1 is 0.281 bits per heavy atom. The topological polar surface area (TPSA) is 8.17 Å². The largest absolute Gasteiger partial charge is 0.307 e. The first-order valence-corrected chi connectivity index (χ1v) is 22.0. The van der Waals surface area contributed by atoms with Gasteiger partial charge in [-0.25, -0.2) is 0 Å². The maximum atomic E-state index is 2.55. The van der Waals surface area contributed by atoms with Crippen LogP contribution in [0.5, 0.6) is 0 Å². The number of rotatable bonds is 8. The van der Waals surface area contributed by atoms with Gasteiger partial charge in [0.2, 0.25) is 0 Å². The maximum absolute atomic E-state index is 2.55. The first kappa shape index (κ1) is 37.3. The molecule has 0 unspecified atom stereocenters. The van der Waals surface area contributed by atoms with Crippen LogP contribution in [0.2, 0.25) is 0 Å². The lowest BCUT2D eigenvalue weighted by Crippen LogP contribution is -2.14. The molecular weight excluding hydrogens is 773 g/mol. The fraction of sp³-hybridized carbons (Fsp3) is 0. The number of nitrogens with zero attached hydrogens (tertiary/aromatic N) is 2. The second kappa shape index (κ2) is 15.8. The molecule has 64 heavy (non-hydrogen) atoms. The van der Waals surface area contributed by atoms with Crippen molar-refractivity contribution in [2.45, 2.75) is 0 Å². The summed E-state index contributed by atoms with van der Waals surface area (Å²) in [6.07, 6.45) is 0. The minimum Gasteiger partial charge on any atom is -0.307 e. The highest BCUT2D eigenvalue weighted by molar-refractivity contribution is 6.16. The van der Waals surface area contributed by atoms with Crippen LogP contribution in [0, 0.1) is 0 Å². The van der Waals surface area contributed by atoms with Crippen LogP contribution in [0.4, 0.5) is 17.1 Å². The highest BCUT2D eigenvalue weighted by Gasteiger charge is 2.27. The van der Waals surface area contributed by atoms with E-state index >= 15 is 0 Å². The third-order valence-corrected chi connectivity index (χ3v) is 12.8. The lowest BCUT2D eigenvalue weighted by atomic mass is 9.90. The number of benzene rings is 11. The van der Waals surface area contributed by atoms with Crippen LogP contribution < -0.4 is 4.90 Å². The first-order chi connectivity index (χ1) is 31.8. The van der Waals surface area contributed by atoms with Gasteiger partial charge >= 0.3 is 0 Å². The van der Waals surface area contributed by atoms with Crippen molar-refractivity contribution in [1.29, 1.82) is 0 Å². The van der Waals surface area contributed by atoms with Gasteiger partial charge in [-0.3, -0.25) is 0 Å². The van der Waals surface area contributed by atoms with Gasteiger partial charge in [0, 0.05) is 27.6 Å². The molecule has 0 saturated carbocycles. The Balaban J connectivity index is 1.23. The normalized spacial score (nSPS) is 11.4. The van der Waals surface area contributed by atoms with Gasteiger partial charge in [0.25, 0.3) is 0 Å². The van der Waals surface area contributed by atoms with Crippen molar-refractivity contribution in [2.24, 2.45) is 0 Å². The number of para-hydroxylation sites is 4. The molecule has 0 aliphatic heterocycles. The molecule has 2 nitrogen and oxygen atoms in total. The Hall–Kier alpha value is -8.46. The number of hydrogen-bond acceptors (Lipinski definition) is 1. The smallest absolute Gasteiger partial charge is 0.0782 e. The van der Waals surface area contributed by atoms with Crippen LogP contribution in [0.1, 0.15) is 0 Å². The molecule has 2 heteroatoms. The quantitative estimate of drug-likeness (QED) is 0.148. The molecule has 0 bridgehead atoms. The van der Waals surface area contributed by atoms with Crippen LogP contribution >= 0.6 is 0 Å². The van der Waals surface area contributed by atoms with Crippen LogP contribution in [0.3, 0.4) is 0 Å². The van der Waals surface area contributed by atoms with Crippen molar-refractivity contribution in [2.75, 3.05) is 4.90 Å². The van der Waals surface area contributed by atoms with Gasteiger partial charge in [-0.15, -0.1) is 0 Å². The molecule has 0 aliphatic carbocycles. The van der Waals surface area contributed by atoms with Crippen molar-refractivity contribution in [1.82, 2.24) is 4.57 Å². The SMILES string of the molecule is c1ccc(-c2ccc(-c3cccc4ccccc34)cc2N(c2ccccc2-c2cccc3cccc(-c4ccccc4)c23)c2cccc3c4ccccc4n(-c4ccccc4)c23)cc1. The van der Waals surface area contributed by atoms with Crippen LogP contribution in [-0.2, 0) is 0 Å². The zero-order valence-electron chi connectivity index (χ0n) is 35.1. The molecule has 0 spiro atoms. The summed E-state index contributed by atoms with van der Waals surface area (Å²) in [5.41, 5.74) is 16.1. The highest BCUT2D eigenvalue weighted by Crippen LogP contribution is 2.51. The summed E-state index contributed by atoms with van der Waals surface area (Å²) in [6, 6.07) is 93.0. The molecule has 12 rings (SSSR count). The van der Waals surface area contributed by atoms with E-state index in [1.54, 1.807) is 0 Å². The third kappa shape index (κ3) is 6.27. The van der Waals surface area contributed by atoms with E-state index < -0.39 is 0 Å². The monoisotopic (exact) mass is 814 g/mol. The van der Waals surface area contributed by atoms with Gasteiger partial charge in [-0.2, -0.15) is 0 Å². The molecule has 0 atom stereocenters. The molecule has 0 radical (unpaired) electrons. The second-order valence-corrected chi connectivity index (χ2v) is 16.4. The summed E-state index contributed by atoms with van der Waals surface area (Å²) in [6.45, 7) is 0. The number of fused-ring (bicyclic) bond motifs is 5. The van der Waals surface area contributed by atoms with Gasteiger partial charge in [0.1, 0.15) is 0 Å². The fourth-order valence-corrected chi connectivity index (χ4v) is 9.96. The summed E-state index contributed by atoms with van der Waals surface area (Å²) in [5, 5.41) is 7.29. The van der Waals surface area contributed by atoms with Crippen molar-refractivity contribution in [3.63, 3.8) is 0 Å². The third-order valence-electron chi connectivity index (χ3n) is 12.8. The van der Waals surface area contributed by atoms with Gasteiger partial charge < -0.3 is 9.47 Å². The van der Waals surface area contributed by atoms with E-state index in [2.05, 4.69) is 264 Å². The summed E-state index contributed by atoms with van der Waals surface area (Å²) >= 11 is 0. The minimum atomic E-state index is 1.08. The first-order valence-electron chi connectivity index (χ1n) is 22.0. The number of anilines is 3. The molecule has 300 valence electrons. The summed E-state index contributed by atoms with van der Waals surface area (Å²) in [7, 11) is 0. The average Bonchev–Trinajstić information content (AvgIpc) is 3.72. The molecular formula is C62H42N2. The molecule has 0 amide bonds. The highest BCUT2D eigenvalue weighted by atomic mass is 15.2. The lowest BCUT2D eigenvalue weighted by molar-refractivity contribution is 1.17. The Morgan fingerprint density at radius 2 is 0.812 bits per heavy atom. The van der Waals surface area contributed by atoms with Gasteiger partial charge in [0.15, 0.2) is 0 Å². The minimum absolute atomic E-state index is 1.08. The number of aromatic nitrogens is 1. The van der Waals surface area contributed by atoms with E-state index in [1.165, 1.54) is 60.1 Å². The molecule has 0 N–H and O–H groups in total. The molecule has 1 aromatic heterocycles. The van der Waals surface area contributed by atoms with Crippen LogP contribution in [0.15, 0.2) is 255 Å². The lowest BCUT2D eigenvalue weighted by Gasteiger charge is -2.32. The predicted molar refractivity (Wildman–Crippen MR) is 272 cm³/mol. The van der Waals surface area contributed by atoms with E-state index in [4.69, 9.17) is 0 Å². The zero-order chi connectivity index (χ0) is 42.4. The molecule has 0 saturated heterocycles. The summed E-state index contributed by atoms with van der Waals surface area (Å²) < 4.78 is 2.46. The van der Waals surface area contributed by atoms with Crippen molar-refractivity contribution >= 4 is 60.4 Å². The molecule has 0 fully saturated rings. The van der Waals surface area contributed by atoms with Crippen molar-refractivity contribution in [3.8, 4) is 50.2 Å². The molecule has 0 aliphatic rings. The van der Waals surface area contributed by atoms with Crippen LogP contribution in [0.25, 0.3) is 93.5 Å². The van der Waals surface area contributed by atoms with E-state index in [0.717, 1.165) is 50.5 Å². The average molecular weight is 815 g/mol. The maximum Gasteiger partial charge on any atom is 0.0782 e. The van der Waals surface area contributed by atoms with E-state index in [-0.39, 0.29) is 0 Å². The fourth-order valence-electron chi connectivity index (χ4n) is 9.96. The predicted octanol–water partition coefficient (Wildman–Crippen LogP) is 17.2. The molecule has 11 aromatic carbocycles. The van der Waals surface area contributed by atoms with Crippen molar-refractivity contribution < 1.29 is 0 Å². The van der Waals surface area contributed by atoms with Gasteiger partial charge in [-0.1, -0.05) is 218 Å². The van der Waals surface area contributed by atoms with E-state index in [0.29, 0.717) is 0 Å². The van der Waals surface area contributed by atoms with Crippen molar-refractivity contribution in [3.05, 3.63) is 255 Å². The van der Waals surface area contributed by atoms with Gasteiger partial charge in [0.05, 0.1) is 28.1 Å². The summed E-state index contributed by atoms with van der Waals surface area (Å²) in [4.78, 5) is 2.55. The molecule has 1 heterocycles. The standard InChI is InChI=1S/C62H42N2/c1-4-20-44(21-5-1)51-41-40-47(50-33-16-25-43-24-10-11-30-49(43)50)42-60(51)64(59-39-19-36-56-54-32-13-14-37-57(54)63(62(56)59)48-28-8-3-9-29-48)58-38-15-12-31-53(58)55-35-18-27-46-26-17-34-52(61(46)55)45-22-6-2-7-23-45/h1-42H. The molecule has 12 aromatic rings. The van der Waals surface area contributed by atoms with Crippen LogP contribution in [-0.4, -0.2) is 4.57 Å². The summed E-state index contributed by atoms with van der Waals surface area (Å²) in [5.74, 6) is 0. The van der Waals surface area contributed by atoms with Gasteiger partial charge in [-0.05, 0) is 91.3 Å². The zero-order valence-corrected chi connectivity index (χ0v) is 35.1. The number of hydrogen-bond donors (Lipinski definition) is 0. The Kier molecular flexibility index (Phi) is 9.20. The Labute approximate surface area is 373 Å². The van der Waals surface area contributed by atoms with E-state index in [9.17, 15) is 0 Å². The van der Waals surface area contributed by atoms with E-state index in [1.807, 2.05) is 0 Å². The Morgan fingerprint density at radius 3 is 1.59 bits per heavy atom. The Bertz CT molecular complexity index is 3650. The second-order valence-electron chi connectivity index (χ2n) is 16.4.